The van der Waals surface area contributed by atoms with Gasteiger partial charge in [0, 0.05) is 30.3 Å². The number of aryl methyl sites for hydroxylation is 1. The Labute approximate surface area is 182 Å². The first-order valence-electron chi connectivity index (χ1n) is 9.87. The third-order valence-corrected chi connectivity index (χ3v) is 5.66. The SMILES string of the molecule is COc1cccc2c1-c1c3c(OC)cccc3[n+](C)c3cccc(c13)N2C.F[B-](F)(F)F. The Morgan fingerprint density at radius 2 is 1.22 bits per heavy atom. The van der Waals surface area contributed by atoms with Crippen LogP contribution in [0.3, 0.4) is 0 Å². The van der Waals surface area contributed by atoms with E-state index in [1.807, 2.05) is 24.3 Å². The fourth-order valence-corrected chi connectivity index (χ4v) is 4.42. The number of anilines is 2. The molecule has 0 bridgehead atoms. The van der Waals surface area contributed by atoms with Gasteiger partial charge in [-0.2, -0.15) is 4.57 Å². The lowest BCUT2D eigenvalue weighted by atomic mass is 9.89. The van der Waals surface area contributed by atoms with E-state index in [4.69, 9.17) is 9.47 Å². The summed E-state index contributed by atoms with van der Waals surface area (Å²) in [6.45, 7) is 0. The van der Waals surface area contributed by atoms with E-state index in [9.17, 15) is 17.3 Å². The van der Waals surface area contributed by atoms with Crippen molar-refractivity contribution in [2.45, 2.75) is 0 Å². The zero-order valence-corrected chi connectivity index (χ0v) is 18.0. The van der Waals surface area contributed by atoms with Gasteiger partial charge in [0.1, 0.15) is 18.5 Å². The molecule has 32 heavy (non-hydrogen) atoms. The molecule has 4 nitrogen and oxygen atoms in total. The summed E-state index contributed by atoms with van der Waals surface area (Å²) in [5.41, 5.74) is 6.93. The molecule has 0 amide bonds. The predicted molar refractivity (Wildman–Crippen MR) is 119 cm³/mol. The molecular weight excluding hydrogens is 423 g/mol. The van der Waals surface area contributed by atoms with Crippen molar-refractivity contribution in [2.24, 2.45) is 7.05 Å². The van der Waals surface area contributed by atoms with Crippen LogP contribution >= 0.6 is 0 Å². The number of aromatic nitrogens is 1. The second-order valence-electron chi connectivity index (χ2n) is 7.37. The average molecular weight is 444 g/mol. The average Bonchev–Trinajstić information content (AvgIpc) is 2.76. The normalized spacial score (nSPS) is 12.3. The lowest BCUT2D eigenvalue weighted by molar-refractivity contribution is -0.617. The standard InChI is InChI=1S/C23H21N2O2.BF4/c1-24-14-8-5-9-15-20(14)23(21-16(24)10-6-12-18(21)26-3)22-17(25(15)2)11-7-13-19(22)27-4;2-1(3,4)5/h5-13H,1-4H3;/q+1;-1. The molecule has 3 aromatic carbocycles. The van der Waals surface area contributed by atoms with Gasteiger partial charge in [0.15, 0.2) is 0 Å². The Morgan fingerprint density at radius 3 is 1.84 bits per heavy atom. The molecule has 166 valence electrons. The molecule has 4 aromatic rings. The highest BCUT2D eigenvalue weighted by Gasteiger charge is 2.32. The minimum atomic E-state index is -6.00. The van der Waals surface area contributed by atoms with Crippen LogP contribution in [-0.4, -0.2) is 28.5 Å². The Balaban J connectivity index is 0.000000444. The summed E-state index contributed by atoms with van der Waals surface area (Å²) in [6.07, 6.45) is 0. The predicted octanol–water partition coefficient (Wildman–Crippen LogP) is 5.88. The Kier molecular flexibility index (Phi) is 5.36. The van der Waals surface area contributed by atoms with E-state index in [0.29, 0.717) is 0 Å². The van der Waals surface area contributed by atoms with Crippen molar-refractivity contribution in [2.75, 3.05) is 26.2 Å². The quantitative estimate of drug-likeness (QED) is 0.167. The van der Waals surface area contributed by atoms with E-state index >= 15 is 0 Å². The van der Waals surface area contributed by atoms with Gasteiger partial charge in [-0.05, 0) is 24.3 Å². The highest BCUT2D eigenvalue weighted by Crippen LogP contribution is 2.53. The first-order valence-corrected chi connectivity index (χ1v) is 9.87. The van der Waals surface area contributed by atoms with E-state index in [0.717, 1.165) is 33.7 Å². The third-order valence-electron chi connectivity index (χ3n) is 5.66. The highest BCUT2D eigenvalue weighted by molar-refractivity contribution is 6.50. The maximum Gasteiger partial charge on any atom is 0.673 e. The first kappa shape index (κ1) is 21.7. The number of benzene rings is 3. The van der Waals surface area contributed by atoms with Gasteiger partial charge in [-0.3, -0.25) is 0 Å². The summed E-state index contributed by atoms with van der Waals surface area (Å²) in [6, 6.07) is 18.9. The van der Waals surface area contributed by atoms with E-state index in [2.05, 4.69) is 53.9 Å². The lowest BCUT2D eigenvalue weighted by Gasteiger charge is -2.31. The summed E-state index contributed by atoms with van der Waals surface area (Å²) >= 11 is 0. The van der Waals surface area contributed by atoms with Crippen LogP contribution in [0.4, 0.5) is 28.6 Å². The smallest absolute Gasteiger partial charge is 0.496 e. The van der Waals surface area contributed by atoms with Gasteiger partial charge in [0.05, 0.1) is 36.4 Å². The number of methoxy groups -OCH3 is 2. The molecule has 1 aliphatic rings. The molecule has 2 heterocycles. The molecule has 0 N–H and O–H groups in total. The maximum absolute atomic E-state index is 9.75. The van der Waals surface area contributed by atoms with Crippen LogP contribution in [-0.2, 0) is 7.05 Å². The molecule has 0 spiro atoms. The zero-order valence-electron chi connectivity index (χ0n) is 18.0. The summed E-state index contributed by atoms with van der Waals surface area (Å²) in [5.74, 6) is 1.74. The van der Waals surface area contributed by atoms with Crippen LogP contribution in [0.15, 0.2) is 54.6 Å². The van der Waals surface area contributed by atoms with Crippen molar-refractivity contribution < 1.29 is 31.3 Å². The van der Waals surface area contributed by atoms with Gasteiger partial charge in [-0.15, -0.1) is 0 Å². The third kappa shape index (κ3) is 3.47. The molecule has 0 saturated heterocycles. The molecule has 9 heteroatoms. The van der Waals surface area contributed by atoms with Crippen LogP contribution in [0.5, 0.6) is 11.5 Å². The molecule has 0 saturated carbocycles. The molecule has 5 rings (SSSR count). The Morgan fingerprint density at radius 1 is 0.719 bits per heavy atom. The number of hydrogen-bond donors (Lipinski definition) is 0. The summed E-state index contributed by atoms with van der Waals surface area (Å²) in [5, 5.41) is 2.33. The molecule has 0 fully saturated rings. The number of halogens is 4. The second kappa shape index (κ2) is 7.89. The second-order valence-corrected chi connectivity index (χ2v) is 7.37. The zero-order chi connectivity index (χ0) is 23.2. The van der Waals surface area contributed by atoms with E-state index < -0.39 is 7.25 Å². The van der Waals surface area contributed by atoms with Gasteiger partial charge in [-0.25, -0.2) is 0 Å². The minimum Gasteiger partial charge on any atom is -0.496 e. The molecule has 0 atom stereocenters. The van der Waals surface area contributed by atoms with Crippen molar-refractivity contribution in [3.05, 3.63) is 54.6 Å². The van der Waals surface area contributed by atoms with Crippen LogP contribution in [0.2, 0.25) is 0 Å². The van der Waals surface area contributed by atoms with Crippen LogP contribution in [0, 0.1) is 0 Å². The number of rotatable bonds is 2. The number of pyridine rings is 1. The Bertz CT molecular complexity index is 1310. The number of hydrogen-bond acceptors (Lipinski definition) is 3. The largest absolute Gasteiger partial charge is 0.673 e. The summed E-state index contributed by atoms with van der Waals surface area (Å²) < 4.78 is 52.8. The van der Waals surface area contributed by atoms with Crippen LogP contribution < -0.4 is 18.9 Å². The van der Waals surface area contributed by atoms with E-state index in [1.54, 1.807) is 14.2 Å². The van der Waals surface area contributed by atoms with Crippen LogP contribution in [0.1, 0.15) is 0 Å². The topological polar surface area (TPSA) is 25.6 Å². The van der Waals surface area contributed by atoms with Gasteiger partial charge in [0.2, 0.25) is 11.0 Å². The fourth-order valence-electron chi connectivity index (χ4n) is 4.42. The summed E-state index contributed by atoms with van der Waals surface area (Å²) in [7, 11) is 1.69. The van der Waals surface area contributed by atoms with Crippen molar-refractivity contribution in [3.8, 4) is 22.6 Å². The number of fused-ring (bicyclic) bond motifs is 4. The highest BCUT2D eigenvalue weighted by atomic mass is 19.5. The molecule has 0 aliphatic carbocycles. The van der Waals surface area contributed by atoms with Crippen molar-refractivity contribution in [1.82, 2.24) is 0 Å². The molecule has 0 radical (unpaired) electrons. The first-order chi connectivity index (χ1) is 15.2. The minimum absolute atomic E-state index is 0.871. The molecule has 0 unspecified atom stereocenters. The van der Waals surface area contributed by atoms with Crippen LogP contribution in [0.25, 0.3) is 32.9 Å². The van der Waals surface area contributed by atoms with Crippen molar-refractivity contribution in [1.29, 1.82) is 0 Å². The number of ether oxygens (including phenoxy) is 2. The summed E-state index contributed by atoms with van der Waals surface area (Å²) in [4.78, 5) is 2.24. The molecule has 1 aliphatic heterocycles. The van der Waals surface area contributed by atoms with E-state index in [-0.39, 0.29) is 0 Å². The maximum atomic E-state index is 9.75. The molecular formula is C23H21BF4N2O2. The van der Waals surface area contributed by atoms with Crippen molar-refractivity contribution in [3.63, 3.8) is 0 Å². The lowest BCUT2D eigenvalue weighted by Crippen LogP contribution is -2.31. The van der Waals surface area contributed by atoms with Gasteiger partial charge >= 0.3 is 7.25 Å². The van der Waals surface area contributed by atoms with E-state index in [1.165, 1.54) is 22.2 Å². The van der Waals surface area contributed by atoms with Crippen molar-refractivity contribution >= 4 is 40.4 Å². The monoisotopic (exact) mass is 444 g/mol. The number of nitrogens with zero attached hydrogens (tertiary/aromatic N) is 2. The molecule has 1 aromatic heterocycles. The Hall–Kier alpha value is -3.49. The van der Waals surface area contributed by atoms with Gasteiger partial charge in [0.25, 0.3) is 0 Å². The van der Waals surface area contributed by atoms with Gasteiger partial charge in [-0.1, -0.05) is 18.2 Å². The van der Waals surface area contributed by atoms with Gasteiger partial charge < -0.3 is 31.6 Å². The fraction of sp³-hybridized carbons (Fsp3) is 0.174.